The smallest absolute Gasteiger partial charge is 0.242 e. The Hall–Kier alpha value is -2.47. The van der Waals surface area contributed by atoms with Gasteiger partial charge in [0.15, 0.2) is 0 Å². The summed E-state index contributed by atoms with van der Waals surface area (Å²) >= 11 is 13.8. The van der Waals surface area contributed by atoms with Gasteiger partial charge < -0.3 is 10.2 Å². The van der Waals surface area contributed by atoms with Crippen LogP contribution in [0.4, 0.5) is 0 Å². The van der Waals surface area contributed by atoms with Gasteiger partial charge >= 0.3 is 0 Å². The van der Waals surface area contributed by atoms with E-state index >= 15 is 0 Å². The number of likely N-dealkylation sites (N-methyl/N-ethyl adjacent to an activating group) is 1. The molecule has 1 N–H and O–H groups in total. The summed E-state index contributed by atoms with van der Waals surface area (Å²) in [7, 11) is 1.59. The first kappa shape index (κ1) is 26.1. The summed E-state index contributed by atoms with van der Waals surface area (Å²) in [5.74, 6) is 0.668. The topological polar surface area (TPSA) is 49.4 Å². The number of halogens is 2. The molecule has 7 heteroatoms. The van der Waals surface area contributed by atoms with Crippen molar-refractivity contribution in [1.29, 1.82) is 0 Å². The molecule has 0 bridgehead atoms. The van der Waals surface area contributed by atoms with Crippen LogP contribution in [0.15, 0.2) is 72.8 Å². The molecule has 0 aliphatic rings. The van der Waals surface area contributed by atoms with Crippen LogP contribution >= 0.6 is 35.0 Å². The van der Waals surface area contributed by atoms with Crippen LogP contribution < -0.4 is 5.32 Å². The summed E-state index contributed by atoms with van der Waals surface area (Å²) in [5, 5.41) is 3.59. The van der Waals surface area contributed by atoms with Crippen molar-refractivity contribution in [2.75, 3.05) is 12.8 Å². The molecule has 0 spiro atoms. The van der Waals surface area contributed by atoms with Crippen LogP contribution in [-0.2, 0) is 28.3 Å². The fourth-order valence-corrected chi connectivity index (χ4v) is 4.77. The number of hydrogen-bond donors (Lipinski definition) is 1. The average Bonchev–Trinajstić information content (AvgIpc) is 2.84. The lowest BCUT2D eigenvalue weighted by atomic mass is 10.0. The molecule has 4 nitrogen and oxygen atoms in total. The standard InChI is InChI=1S/C27H28Cl2N2O2S/c1-19-8-10-21(11-9-19)17-34-18-26(32)31(16-22-12-13-23(28)24(29)14-22)25(27(33)30-2)15-20-6-4-3-5-7-20/h3-14,25H,15-18H2,1-2H3,(H,30,33)/t25-/m1/s1. The molecule has 0 radical (unpaired) electrons. The van der Waals surface area contributed by atoms with Crippen LogP contribution in [-0.4, -0.2) is 35.6 Å². The fraction of sp³-hybridized carbons (Fsp3) is 0.259. The number of nitrogens with zero attached hydrogens (tertiary/aromatic N) is 1. The highest BCUT2D eigenvalue weighted by Gasteiger charge is 2.29. The molecule has 0 aliphatic heterocycles. The van der Waals surface area contributed by atoms with Crippen LogP contribution in [0.1, 0.15) is 22.3 Å². The van der Waals surface area contributed by atoms with E-state index in [1.807, 2.05) is 43.3 Å². The van der Waals surface area contributed by atoms with Crippen molar-refractivity contribution in [3.63, 3.8) is 0 Å². The monoisotopic (exact) mass is 514 g/mol. The molecular formula is C27H28Cl2N2O2S. The molecule has 0 heterocycles. The Morgan fingerprint density at radius 3 is 2.24 bits per heavy atom. The zero-order chi connectivity index (χ0) is 24.5. The van der Waals surface area contributed by atoms with E-state index in [4.69, 9.17) is 23.2 Å². The van der Waals surface area contributed by atoms with Crippen LogP contribution in [0.2, 0.25) is 10.0 Å². The molecule has 3 rings (SSSR count). The van der Waals surface area contributed by atoms with E-state index in [1.54, 1.807) is 24.1 Å². The molecule has 2 amide bonds. The minimum absolute atomic E-state index is 0.104. The molecule has 34 heavy (non-hydrogen) atoms. The summed E-state index contributed by atoms with van der Waals surface area (Å²) in [6.45, 7) is 2.30. The summed E-state index contributed by atoms with van der Waals surface area (Å²) in [5.41, 5.74) is 4.15. The van der Waals surface area contributed by atoms with Gasteiger partial charge in [0.05, 0.1) is 15.8 Å². The van der Waals surface area contributed by atoms with Crippen LogP contribution in [0.25, 0.3) is 0 Å². The van der Waals surface area contributed by atoms with Gasteiger partial charge in [-0.25, -0.2) is 0 Å². The first-order chi connectivity index (χ1) is 16.4. The number of thioether (sulfide) groups is 1. The maximum atomic E-state index is 13.5. The van der Waals surface area contributed by atoms with E-state index in [9.17, 15) is 9.59 Å². The van der Waals surface area contributed by atoms with Crippen LogP contribution in [0.5, 0.6) is 0 Å². The quantitative estimate of drug-likeness (QED) is 0.365. The summed E-state index contributed by atoms with van der Waals surface area (Å²) in [4.78, 5) is 28.0. The molecule has 178 valence electrons. The van der Waals surface area contributed by atoms with Gasteiger partial charge in [0, 0.05) is 25.8 Å². The molecule has 0 aromatic heterocycles. The number of nitrogens with one attached hydrogen (secondary N) is 1. The Morgan fingerprint density at radius 2 is 1.59 bits per heavy atom. The summed E-state index contributed by atoms with van der Waals surface area (Å²) < 4.78 is 0. The fourth-order valence-electron chi connectivity index (χ4n) is 3.58. The summed E-state index contributed by atoms with van der Waals surface area (Å²) in [6, 6.07) is 22.6. The predicted molar refractivity (Wildman–Crippen MR) is 142 cm³/mol. The Bertz CT molecular complexity index is 1110. The Balaban J connectivity index is 1.82. The minimum Gasteiger partial charge on any atom is -0.357 e. The summed E-state index contributed by atoms with van der Waals surface area (Å²) in [6.07, 6.45) is 0.413. The Morgan fingerprint density at radius 1 is 0.912 bits per heavy atom. The van der Waals surface area contributed by atoms with Crippen molar-refractivity contribution in [3.8, 4) is 0 Å². The maximum absolute atomic E-state index is 13.5. The third-order valence-corrected chi connectivity index (χ3v) is 7.20. The maximum Gasteiger partial charge on any atom is 0.242 e. The first-order valence-corrected chi connectivity index (χ1v) is 12.9. The average molecular weight is 516 g/mol. The van der Waals surface area contributed by atoms with Gasteiger partial charge in [0.2, 0.25) is 11.8 Å². The van der Waals surface area contributed by atoms with Gasteiger partial charge in [-0.2, -0.15) is 0 Å². The lowest BCUT2D eigenvalue weighted by Gasteiger charge is -2.31. The molecular weight excluding hydrogens is 487 g/mol. The Kier molecular flexibility index (Phi) is 9.87. The second kappa shape index (κ2) is 12.8. The van der Waals surface area contributed by atoms with Gasteiger partial charge in [0.25, 0.3) is 0 Å². The lowest BCUT2D eigenvalue weighted by Crippen LogP contribution is -2.50. The molecule has 3 aromatic rings. The lowest BCUT2D eigenvalue weighted by molar-refractivity contribution is -0.139. The molecule has 0 fully saturated rings. The minimum atomic E-state index is -0.658. The van der Waals surface area contributed by atoms with E-state index in [-0.39, 0.29) is 24.1 Å². The SMILES string of the molecule is CNC(=O)[C@@H](Cc1ccccc1)N(Cc1ccc(Cl)c(Cl)c1)C(=O)CSCc1ccc(C)cc1. The highest BCUT2D eigenvalue weighted by molar-refractivity contribution is 7.99. The number of benzene rings is 3. The van der Waals surface area contributed by atoms with Gasteiger partial charge in [-0.3, -0.25) is 9.59 Å². The van der Waals surface area contributed by atoms with Crippen molar-refractivity contribution >= 4 is 46.8 Å². The normalized spacial score (nSPS) is 11.6. The van der Waals surface area contributed by atoms with Crippen molar-refractivity contribution in [2.24, 2.45) is 0 Å². The van der Waals surface area contributed by atoms with E-state index in [0.29, 0.717) is 16.5 Å². The molecule has 0 saturated carbocycles. The van der Waals surface area contributed by atoms with Crippen LogP contribution in [0.3, 0.4) is 0 Å². The highest BCUT2D eigenvalue weighted by atomic mass is 35.5. The number of rotatable bonds is 10. The second-order valence-corrected chi connectivity index (χ2v) is 9.87. The number of carbonyl (C=O) groups is 2. The van der Waals surface area contributed by atoms with Crippen molar-refractivity contribution in [2.45, 2.75) is 31.7 Å². The number of aryl methyl sites for hydroxylation is 1. The van der Waals surface area contributed by atoms with Crippen molar-refractivity contribution in [1.82, 2.24) is 10.2 Å². The first-order valence-electron chi connectivity index (χ1n) is 11.0. The van der Waals surface area contributed by atoms with E-state index in [1.165, 1.54) is 17.3 Å². The van der Waals surface area contributed by atoms with E-state index in [2.05, 4.69) is 29.6 Å². The third kappa shape index (κ3) is 7.52. The zero-order valence-corrected chi connectivity index (χ0v) is 21.6. The van der Waals surface area contributed by atoms with Gasteiger partial charge in [-0.1, -0.05) is 89.4 Å². The second-order valence-electron chi connectivity index (χ2n) is 8.07. The van der Waals surface area contributed by atoms with Gasteiger partial charge in [-0.05, 0) is 35.7 Å². The largest absolute Gasteiger partial charge is 0.357 e. The molecule has 0 unspecified atom stereocenters. The van der Waals surface area contributed by atoms with Crippen LogP contribution in [0, 0.1) is 6.92 Å². The molecule has 0 aliphatic carbocycles. The van der Waals surface area contributed by atoms with Gasteiger partial charge in [0.1, 0.15) is 6.04 Å². The van der Waals surface area contributed by atoms with Crippen molar-refractivity contribution in [3.05, 3.63) is 105 Å². The zero-order valence-electron chi connectivity index (χ0n) is 19.3. The third-order valence-electron chi connectivity index (χ3n) is 5.47. The molecule has 0 saturated heterocycles. The van der Waals surface area contributed by atoms with Gasteiger partial charge in [-0.15, -0.1) is 11.8 Å². The molecule has 1 atom stereocenters. The van der Waals surface area contributed by atoms with E-state index in [0.717, 1.165) is 22.4 Å². The number of hydrogen-bond acceptors (Lipinski definition) is 3. The van der Waals surface area contributed by atoms with E-state index < -0.39 is 6.04 Å². The number of carbonyl (C=O) groups excluding carboxylic acids is 2. The molecule has 3 aromatic carbocycles. The number of amides is 2. The predicted octanol–water partition coefficient (Wildman–Crippen LogP) is 5.92. The Labute approximate surface area is 215 Å². The van der Waals surface area contributed by atoms with Crippen molar-refractivity contribution < 1.29 is 9.59 Å². The highest BCUT2D eigenvalue weighted by Crippen LogP contribution is 2.25.